The number of carbonyl (C=O) groups is 2. The molecule has 0 radical (unpaired) electrons. The van der Waals surface area contributed by atoms with Crippen LogP contribution in [-0.4, -0.2) is 47.4 Å². The van der Waals surface area contributed by atoms with Crippen molar-refractivity contribution in [2.75, 3.05) is 13.2 Å². The van der Waals surface area contributed by atoms with Crippen LogP contribution in [0.4, 0.5) is 0 Å². The highest BCUT2D eigenvalue weighted by Crippen LogP contribution is 2.19. The van der Waals surface area contributed by atoms with Gasteiger partial charge in [-0.25, -0.2) is 0 Å². The predicted molar refractivity (Wildman–Crippen MR) is 356 cm³/mol. The lowest BCUT2D eigenvalue weighted by molar-refractivity contribution is -0.143. The average molecular weight is 1140 g/mol. The highest BCUT2D eigenvalue weighted by molar-refractivity contribution is 5.76. The molecule has 0 bridgehead atoms. The second-order valence-corrected chi connectivity index (χ2v) is 25.3. The van der Waals surface area contributed by atoms with Crippen molar-refractivity contribution in [1.29, 1.82) is 0 Å². The lowest BCUT2D eigenvalue weighted by atomic mass is 10.0. The second kappa shape index (κ2) is 70.6. The van der Waals surface area contributed by atoms with Crippen molar-refractivity contribution in [3.63, 3.8) is 0 Å². The van der Waals surface area contributed by atoms with Gasteiger partial charge in [0.25, 0.3) is 0 Å². The smallest absolute Gasteiger partial charge is 0.305 e. The average Bonchev–Trinajstić information content (AvgIpc) is 3.47. The summed E-state index contributed by atoms with van der Waals surface area (Å²) in [5.41, 5.74) is 0. The molecular formula is C75H143NO5. The number of rotatable bonds is 69. The Bertz CT molecular complexity index is 1310. The van der Waals surface area contributed by atoms with Crippen LogP contribution in [0.2, 0.25) is 0 Å². The maximum Gasteiger partial charge on any atom is 0.305 e. The number of esters is 1. The fourth-order valence-electron chi connectivity index (χ4n) is 11.6. The van der Waals surface area contributed by atoms with E-state index in [1.807, 2.05) is 6.08 Å². The van der Waals surface area contributed by atoms with E-state index in [4.69, 9.17) is 4.74 Å². The molecule has 0 aliphatic carbocycles. The van der Waals surface area contributed by atoms with Gasteiger partial charge in [-0.05, 0) is 64.2 Å². The summed E-state index contributed by atoms with van der Waals surface area (Å²) in [6.07, 6.45) is 91.3. The van der Waals surface area contributed by atoms with Crippen LogP contribution < -0.4 is 5.32 Å². The number of unbranched alkanes of at least 4 members (excludes halogenated alkanes) is 54. The van der Waals surface area contributed by atoms with E-state index in [0.717, 1.165) is 51.4 Å². The van der Waals surface area contributed by atoms with Crippen molar-refractivity contribution in [3.8, 4) is 0 Å². The van der Waals surface area contributed by atoms with Crippen LogP contribution in [0.1, 0.15) is 406 Å². The first kappa shape index (κ1) is 79.1. The third-order valence-corrected chi connectivity index (χ3v) is 17.2. The minimum absolute atomic E-state index is 0.0100. The molecule has 81 heavy (non-hydrogen) atoms. The number of aliphatic hydroxyl groups excluding tert-OH is 2. The number of carbonyl (C=O) groups excluding carboxylic acids is 2. The molecule has 0 spiro atoms. The first-order chi connectivity index (χ1) is 40.0. The van der Waals surface area contributed by atoms with Gasteiger partial charge in [0.05, 0.1) is 25.4 Å². The molecule has 1 amide bonds. The van der Waals surface area contributed by atoms with Crippen LogP contribution in [-0.2, 0) is 14.3 Å². The number of aliphatic hydroxyl groups is 2. The number of allylic oxidation sites excluding steroid dienone is 5. The Morgan fingerprint density at radius 3 is 0.963 bits per heavy atom. The molecule has 0 aromatic heterocycles. The van der Waals surface area contributed by atoms with Crippen molar-refractivity contribution in [3.05, 3.63) is 36.5 Å². The van der Waals surface area contributed by atoms with Crippen LogP contribution in [0.15, 0.2) is 36.5 Å². The number of amides is 1. The Balaban J connectivity index is 3.28. The van der Waals surface area contributed by atoms with E-state index < -0.39 is 12.1 Å². The first-order valence-electron chi connectivity index (χ1n) is 36.8. The van der Waals surface area contributed by atoms with Crippen molar-refractivity contribution in [1.82, 2.24) is 5.32 Å². The molecule has 0 aliphatic heterocycles. The summed E-state index contributed by atoms with van der Waals surface area (Å²) in [6, 6.07) is -0.621. The van der Waals surface area contributed by atoms with Gasteiger partial charge in [-0.15, -0.1) is 0 Å². The maximum atomic E-state index is 12.4. The Hall–Kier alpha value is -1.92. The van der Waals surface area contributed by atoms with Crippen molar-refractivity contribution in [2.24, 2.45) is 0 Å². The number of hydrogen-bond donors (Lipinski definition) is 3. The predicted octanol–water partition coefficient (Wildman–Crippen LogP) is 23.9. The van der Waals surface area contributed by atoms with Gasteiger partial charge >= 0.3 is 5.97 Å². The zero-order chi connectivity index (χ0) is 58.5. The van der Waals surface area contributed by atoms with Gasteiger partial charge in [-0.2, -0.15) is 0 Å². The molecule has 0 saturated heterocycles. The summed E-state index contributed by atoms with van der Waals surface area (Å²) in [5.74, 6) is -0.0522. The summed E-state index contributed by atoms with van der Waals surface area (Å²) >= 11 is 0. The van der Waals surface area contributed by atoms with E-state index in [1.54, 1.807) is 6.08 Å². The van der Waals surface area contributed by atoms with Crippen LogP contribution in [0.25, 0.3) is 0 Å². The fourth-order valence-corrected chi connectivity index (χ4v) is 11.6. The molecule has 0 rings (SSSR count). The fraction of sp³-hybridized carbons (Fsp3) is 0.893. The van der Waals surface area contributed by atoms with E-state index in [0.29, 0.717) is 19.4 Å². The monoisotopic (exact) mass is 1140 g/mol. The summed E-state index contributed by atoms with van der Waals surface area (Å²) < 4.78 is 5.49. The quantitative estimate of drug-likeness (QED) is 0.0320. The third kappa shape index (κ3) is 67.1. The molecule has 0 aromatic rings. The largest absolute Gasteiger partial charge is 0.466 e. The van der Waals surface area contributed by atoms with Gasteiger partial charge in [-0.1, -0.05) is 365 Å². The van der Waals surface area contributed by atoms with Crippen LogP contribution in [0.5, 0.6) is 0 Å². The summed E-state index contributed by atoms with van der Waals surface area (Å²) in [7, 11) is 0. The third-order valence-electron chi connectivity index (χ3n) is 17.2. The van der Waals surface area contributed by atoms with Crippen LogP contribution in [0.3, 0.4) is 0 Å². The van der Waals surface area contributed by atoms with Crippen molar-refractivity contribution < 1.29 is 24.5 Å². The lowest BCUT2D eigenvalue weighted by Gasteiger charge is -2.20. The molecule has 0 aromatic carbocycles. The lowest BCUT2D eigenvalue weighted by Crippen LogP contribution is -2.45. The van der Waals surface area contributed by atoms with E-state index in [1.165, 1.54) is 327 Å². The Morgan fingerprint density at radius 2 is 0.617 bits per heavy atom. The molecule has 0 aliphatic rings. The van der Waals surface area contributed by atoms with E-state index >= 15 is 0 Å². The Morgan fingerprint density at radius 1 is 0.346 bits per heavy atom. The molecule has 0 heterocycles. The van der Waals surface area contributed by atoms with Crippen LogP contribution >= 0.6 is 0 Å². The van der Waals surface area contributed by atoms with Crippen molar-refractivity contribution >= 4 is 11.9 Å². The zero-order valence-electron chi connectivity index (χ0n) is 54.8. The normalized spacial score (nSPS) is 12.7. The molecule has 0 saturated carbocycles. The van der Waals surface area contributed by atoms with E-state index in [-0.39, 0.29) is 18.5 Å². The molecule has 0 fully saturated rings. The Labute approximate surface area is 506 Å². The molecule has 6 heteroatoms. The Kier molecular flexibility index (Phi) is 68.9. The first-order valence-corrected chi connectivity index (χ1v) is 36.8. The number of nitrogens with one attached hydrogen (secondary N) is 1. The van der Waals surface area contributed by atoms with Crippen molar-refractivity contribution in [2.45, 2.75) is 418 Å². The topological polar surface area (TPSA) is 95.9 Å². The van der Waals surface area contributed by atoms with Gasteiger partial charge in [0.2, 0.25) is 5.91 Å². The van der Waals surface area contributed by atoms with Gasteiger partial charge in [-0.3, -0.25) is 9.59 Å². The van der Waals surface area contributed by atoms with Gasteiger partial charge < -0.3 is 20.3 Å². The molecule has 3 N–H and O–H groups in total. The molecular weight excluding hydrogens is 995 g/mol. The van der Waals surface area contributed by atoms with Gasteiger partial charge in [0.15, 0.2) is 0 Å². The second-order valence-electron chi connectivity index (χ2n) is 25.3. The maximum absolute atomic E-state index is 12.4. The highest BCUT2D eigenvalue weighted by atomic mass is 16.5. The SMILES string of the molecule is CCCCC/C=C\C/C=C\CCCCCCCC(=O)OCCCCCCCCCCCCCCCCCCCCCCCCCCCCCCCCCCCCCCCCCC(=O)NC(CO)C(O)/C=C/CCCCCCCCCC. The number of hydrogen-bond acceptors (Lipinski definition) is 5. The van der Waals surface area contributed by atoms with Gasteiger partial charge in [0, 0.05) is 12.8 Å². The molecule has 6 nitrogen and oxygen atoms in total. The number of ether oxygens (including phenoxy) is 1. The van der Waals surface area contributed by atoms with Gasteiger partial charge in [0.1, 0.15) is 0 Å². The molecule has 478 valence electrons. The summed E-state index contributed by atoms with van der Waals surface area (Å²) in [4.78, 5) is 24.5. The summed E-state index contributed by atoms with van der Waals surface area (Å²) in [5, 5.41) is 23.0. The van der Waals surface area contributed by atoms with E-state index in [9.17, 15) is 19.8 Å². The summed E-state index contributed by atoms with van der Waals surface area (Å²) in [6.45, 7) is 4.88. The minimum atomic E-state index is -0.838. The van der Waals surface area contributed by atoms with E-state index in [2.05, 4.69) is 43.5 Å². The molecule has 2 atom stereocenters. The standard InChI is InChI=1S/C75H143NO5/c1-3-5-7-9-11-13-15-16-42-46-49-53-57-61-65-69-75(80)81-70-66-62-58-54-50-47-44-41-39-37-35-33-31-29-27-25-23-21-19-17-18-20-22-24-26-28-30-32-34-36-38-40-43-45-48-52-56-60-64-68-74(79)76-72(71-77)73(78)67-63-59-55-51-14-12-10-8-6-4-2/h11,13,16,42,63,67,72-73,77-78H,3-10,12,14-15,17-41,43-62,64-66,68-71H2,1-2H3,(H,76,79)/b13-11-,42-16-,67-63+. The molecule has 2 unspecified atom stereocenters. The highest BCUT2D eigenvalue weighted by Gasteiger charge is 2.18. The minimum Gasteiger partial charge on any atom is -0.466 e. The zero-order valence-corrected chi connectivity index (χ0v) is 54.8. The van der Waals surface area contributed by atoms with Crippen LogP contribution in [0, 0.1) is 0 Å².